The Labute approximate surface area is 205 Å². The van der Waals surface area contributed by atoms with Crippen molar-refractivity contribution >= 4 is 23.2 Å². The lowest BCUT2D eigenvalue weighted by atomic mass is 9.86. The number of hydrogen-bond acceptors (Lipinski definition) is 4. The van der Waals surface area contributed by atoms with E-state index in [-0.39, 0.29) is 11.9 Å². The summed E-state index contributed by atoms with van der Waals surface area (Å²) in [4.78, 5) is 13.0. The number of nitrogens with zero attached hydrogens (tertiary/aromatic N) is 1. The van der Waals surface area contributed by atoms with Gasteiger partial charge in [-0.05, 0) is 79.8 Å². The van der Waals surface area contributed by atoms with Crippen molar-refractivity contribution in [3.63, 3.8) is 0 Å². The first-order valence-electron chi connectivity index (χ1n) is 12.1. The number of urea groups is 1. The van der Waals surface area contributed by atoms with Gasteiger partial charge in [-0.1, -0.05) is 47.1 Å². The van der Waals surface area contributed by atoms with E-state index in [9.17, 15) is 10.0 Å². The summed E-state index contributed by atoms with van der Waals surface area (Å²) in [7, 11) is 0. The molecule has 3 aromatic carbocycles. The van der Waals surface area contributed by atoms with Gasteiger partial charge in [0, 0.05) is 16.8 Å². The summed E-state index contributed by atoms with van der Waals surface area (Å²) in [6, 6.07) is 18.9. The quantitative estimate of drug-likeness (QED) is 0.157. The molecule has 2 aliphatic rings. The second-order valence-corrected chi connectivity index (χ2v) is 9.35. The van der Waals surface area contributed by atoms with Gasteiger partial charge in [0.2, 0.25) is 0 Å². The number of hydrogen-bond donors (Lipinski definition) is 4. The van der Waals surface area contributed by atoms with Crippen molar-refractivity contribution in [2.24, 2.45) is 16.8 Å². The molecule has 7 heteroatoms. The highest BCUT2D eigenvalue weighted by molar-refractivity contribution is 6.04. The molecule has 1 atom stereocenters. The fourth-order valence-electron chi connectivity index (χ4n) is 4.89. The Balaban J connectivity index is 1.57. The van der Waals surface area contributed by atoms with Crippen molar-refractivity contribution < 1.29 is 14.7 Å². The number of carbonyl (C=O) groups is 1. The van der Waals surface area contributed by atoms with Crippen molar-refractivity contribution in [1.82, 2.24) is 0 Å². The van der Waals surface area contributed by atoms with Crippen molar-refractivity contribution in [2.75, 3.05) is 17.2 Å². The monoisotopic (exact) mass is 470 g/mol. The number of oxime groups is 1. The van der Waals surface area contributed by atoms with Gasteiger partial charge in [0.05, 0.1) is 12.3 Å². The number of ether oxygens (including phenoxy) is 1. The summed E-state index contributed by atoms with van der Waals surface area (Å²) in [6.07, 6.45) is 4.45. The van der Waals surface area contributed by atoms with Crippen LogP contribution in [0.4, 0.5) is 16.2 Å². The summed E-state index contributed by atoms with van der Waals surface area (Å²) in [6.45, 7) is 2.62. The maximum atomic E-state index is 13.0. The zero-order valence-corrected chi connectivity index (χ0v) is 19.8. The van der Waals surface area contributed by atoms with Crippen molar-refractivity contribution in [3.8, 4) is 16.9 Å². The van der Waals surface area contributed by atoms with Crippen LogP contribution in [0.2, 0.25) is 0 Å². The molecule has 1 unspecified atom stereocenters. The Morgan fingerprint density at radius 1 is 1.06 bits per heavy atom. The van der Waals surface area contributed by atoms with E-state index in [4.69, 9.17) is 10.5 Å². The number of nitrogens with two attached hydrogens (primary N) is 1. The van der Waals surface area contributed by atoms with E-state index < -0.39 is 0 Å². The molecule has 0 aromatic heterocycles. The maximum absolute atomic E-state index is 13.0. The normalized spacial score (nSPS) is 17.6. The minimum atomic E-state index is -0.339. The molecule has 1 saturated carbocycles. The molecule has 180 valence electrons. The molecular formula is C28H30N4O3. The van der Waals surface area contributed by atoms with E-state index in [0.717, 1.165) is 40.8 Å². The van der Waals surface area contributed by atoms with Crippen molar-refractivity contribution in [2.45, 2.75) is 38.5 Å². The largest absolute Gasteiger partial charge is 0.491 e. The fraction of sp³-hybridized carbons (Fsp3) is 0.286. The second kappa shape index (κ2) is 9.70. The van der Waals surface area contributed by atoms with E-state index in [1.54, 1.807) is 0 Å². The van der Waals surface area contributed by atoms with Gasteiger partial charge in [0.1, 0.15) is 5.75 Å². The topological polar surface area (TPSA) is 109 Å². The van der Waals surface area contributed by atoms with Crippen LogP contribution in [0.1, 0.15) is 48.3 Å². The molecule has 2 amide bonds. The molecule has 1 aliphatic heterocycles. The molecule has 5 N–H and O–H groups in total. The molecule has 35 heavy (non-hydrogen) atoms. The lowest BCUT2D eigenvalue weighted by Crippen LogP contribution is -2.20. The summed E-state index contributed by atoms with van der Waals surface area (Å²) in [5, 5.41) is 18.5. The first-order valence-corrected chi connectivity index (χ1v) is 12.1. The highest BCUT2D eigenvalue weighted by Gasteiger charge is 2.36. The lowest BCUT2D eigenvalue weighted by molar-refractivity contribution is 0.262. The van der Waals surface area contributed by atoms with Crippen LogP contribution in [0.3, 0.4) is 0 Å². The standard InChI is InChI=1S/C28H30N4O3/c1-17-8-12-20(13-9-17)30-28(33)31-25-16-19(22-5-2-3-6-23(22)27(29)32-34)15-24-21(18-10-11-18)7-4-14-35-26(24)25/h2-3,5-6,8-9,12-13,15-16,18,21,34H,4,7,10-11,14H2,1H3,(H2,29,32)(H2,30,31,33). The predicted molar refractivity (Wildman–Crippen MR) is 138 cm³/mol. The average molecular weight is 471 g/mol. The minimum Gasteiger partial charge on any atom is -0.491 e. The highest BCUT2D eigenvalue weighted by atomic mass is 16.5. The van der Waals surface area contributed by atoms with Gasteiger partial charge in [-0.15, -0.1) is 0 Å². The van der Waals surface area contributed by atoms with Crippen molar-refractivity contribution in [3.05, 3.63) is 77.4 Å². The molecule has 0 spiro atoms. The van der Waals surface area contributed by atoms with Crippen LogP contribution in [0.25, 0.3) is 11.1 Å². The SMILES string of the molecule is Cc1ccc(NC(=O)Nc2cc(-c3ccccc3/C(N)=N/O)cc3c2OCCCC3C2CC2)cc1. The van der Waals surface area contributed by atoms with Crippen molar-refractivity contribution in [1.29, 1.82) is 0 Å². The van der Waals surface area contributed by atoms with Gasteiger partial charge < -0.3 is 26.3 Å². The second-order valence-electron chi connectivity index (χ2n) is 9.35. The molecule has 1 fully saturated rings. The van der Waals surface area contributed by atoms with E-state index in [2.05, 4.69) is 21.9 Å². The third-order valence-electron chi connectivity index (χ3n) is 6.79. The summed E-state index contributed by atoms with van der Waals surface area (Å²) >= 11 is 0. The van der Waals surface area contributed by atoms with Crippen LogP contribution < -0.4 is 21.1 Å². The third kappa shape index (κ3) is 4.94. The zero-order valence-electron chi connectivity index (χ0n) is 19.8. The highest BCUT2D eigenvalue weighted by Crippen LogP contribution is 2.51. The predicted octanol–water partition coefficient (Wildman–Crippen LogP) is 6.07. The first kappa shape index (κ1) is 22.8. The Morgan fingerprint density at radius 2 is 1.83 bits per heavy atom. The molecule has 7 nitrogen and oxygen atoms in total. The Hall–Kier alpha value is -4.00. The van der Waals surface area contributed by atoms with E-state index in [1.165, 1.54) is 12.8 Å². The molecule has 1 aliphatic carbocycles. The van der Waals surface area contributed by atoms with Gasteiger partial charge in [0.25, 0.3) is 0 Å². The van der Waals surface area contributed by atoms with E-state index in [1.807, 2.05) is 61.5 Å². The summed E-state index contributed by atoms with van der Waals surface area (Å²) in [5.74, 6) is 1.80. The van der Waals surface area contributed by atoms with Gasteiger partial charge >= 0.3 is 6.03 Å². The number of carbonyl (C=O) groups excluding carboxylic acids is 1. The van der Waals surface area contributed by atoms with Crippen LogP contribution in [0.15, 0.2) is 65.8 Å². The van der Waals surface area contributed by atoms with Gasteiger partial charge in [-0.25, -0.2) is 4.79 Å². The Kier molecular flexibility index (Phi) is 6.31. The van der Waals surface area contributed by atoms with Gasteiger partial charge in [-0.2, -0.15) is 0 Å². The first-order chi connectivity index (χ1) is 17.0. The zero-order chi connectivity index (χ0) is 24.4. The fourth-order valence-corrected chi connectivity index (χ4v) is 4.89. The van der Waals surface area contributed by atoms with E-state index >= 15 is 0 Å². The number of nitrogens with one attached hydrogen (secondary N) is 2. The maximum Gasteiger partial charge on any atom is 0.323 e. The Morgan fingerprint density at radius 3 is 2.57 bits per heavy atom. The molecule has 1 heterocycles. The number of amidine groups is 1. The number of anilines is 2. The van der Waals surface area contributed by atoms with Crippen LogP contribution in [-0.4, -0.2) is 23.7 Å². The molecule has 0 bridgehead atoms. The number of amides is 2. The van der Waals surface area contributed by atoms with Gasteiger partial charge in [-0.3, -0.25) is 0 Å². The van der Waals surface area contributed by atoms with Crippen LogP contribution in [0.5, 0.6) is 5.75 Å². The number of benzene rings is 3. The lowest BCUT2D eigenvalue weighted by Gasteiger charge is -2.21. The van der Waals surface area contributed by atoms with Crippen LogP contribution in [-0.2, 0) is 0 Å². The molecule has 0 saturated heterocycles. The number of rotatable bonds is 5. The van der Waals surface area contributed by atoms with Crippen LogP contribution >= 0.6 is 0 Å². The van der Waals surface area contributed by atoms with E-state index in [0.29, 0.717) is 35.4 Å². The van der Waals surface area contributed by atoms with Gasteiger partial charge in [0.15, 0.2) is 5.84 Å². The molecule has 3 aromatic rings. The minimum absolute atomic E-state index is 0.0390. The average Bonchev–Trinajstić information content (AvgIpc) is 3.72. The number of fused-ring (bicyclic) bond motifs is 1. The molecule has 0 radical (unpaired) electrons. The molecular weight excluding hydrogens is 440 g/mol. The Bertz CT molecular complexity index is 1270. The van der Waals surface area contributed by atoms with Crippen LogP contribution in [0, 0.1) is 12.8 Å². The smallest absolute Gasteiger partial charge is 0.323 e. The molecule has 5 rings (SSSR count). The summed E-state index contributed by atoms with van der Waals surface area (Å²) in [5.41, 5.74) is 11.9. The summed E-state index contributed by atoms with van der Waals surface area (Å²) < 4.78 is 6.21. The number of aryl methyl sites for hydroxylation is 1. The third-order valence-corrected chi connectivity index (χ3v) is 6.79.